The minimum atomic E-state index is -0.729. The monoisotopic (exact) mass is 345 g/mol. The number of carbonyl (C=O) groups excluding carboxylic acids is 2. The Morgan fingerprint density at radius 3 is 2.52 bits per heavy atom. The van der Waals surface area contributed by atoms with Crippen LogP contribution in [0.25, 0.3) is 0 Å². The molecule has 25 heavy (non-hydrogen) atoms. The Balaban J connectivity index is 2.10. The lowest BCUT2D eigenvalue weighted by Crippen LogP contribution is -2.17. The van der Waals surface area contributed by atoms with E-state index in [0.29, 0.717) is 12.2 Å². The van der Waals surface area contributed by atoms with Gasteiger partial charge < -0.3 is 19.1 Å². The summed E-state index contributed by atoms with van der Waals surface area (Å²) in [7, 11) is 1.63. The summed E-state index contributed by atoms with van der Waals surface area (Å²) in [6, 6.07) is 7.94. The lowest BCUT2D eigenvalue weighted by atomic mass is 10.1. The highest BCUT2D eigenvalue weighted by molar-refractivity contribution is 6.00. The van der Waals surface area contributed by atoms with Crippen LogP contribution in [0.1, 0.15) is 45.1 Å². The van der Waals surface area contributed by atoms with Gasteiger partial charge >= 0.3 is 5.97 Å². The fraction of sp³-hybridized carbons (Fsp3) is 0.368. The number of hydrogen-bond donors (Lipinski definition) is 1. The number of carbonyl (C=O) groups is 2. The number of Topliss-reactive ketones (excluding diaryl/α,β-unsaturated/α-hetero) is 1. The molecule has 0 saturated heterocycles. The van der Waals surface area contributed by atoms with E-state index in [1.165, 1.54) is 12.1 Å². The van der Waals surface area contributed by atoms with Crippen molar-refractivity contribution in [2.75, 3.05) is 20.3 Å². The van der Waals surface area contributed by atoms with Gasteiger partial charge in [0.05, 0.1) is 12.6 Å². The van der Waals surface area contributed by atoms with Gasteiger partial charge in [0.15, 0.2) is 6.61 Å². The Bertz CT molecular complexity index is 778. The third-order valence-corrected chi connectivity index (χ3v) is 4.09. The van der Waals surface area contributed by atoms with Crippen LogP contribution in [0, 0.1) is 13.8 Å². The standard InChI is InChI=1S/C19H23NO5/c1-12-9-16(14(3)20(12)13(2)10-24-4)18(22)11-25-19(23)15-7-5-6-8-17(15)21/h5-9,13,21H,10-11H2,1-4H3/t13-/m1/s1. The predicted molar refractivity (Wildman–Crippen MR) is 93.2 cm³/mol. The molecular weight excluding hydrogens is 322 g/mol. The van der Waals surface area contributed by atoms with Gasteiger partial charge in [0, 0.05) is 24.1 Å². The van der Waals surface area contributed by atoms with Gasteiger partial charge in [-0.3, -0.25) is 4.79 Å². The van der Waals surface area contributed by atoms with Gasteiger partial charge in [-0.15, -0.1) is 0 Å². The molecule has 0 aliphatic heterocycles. The predicted octanol–water partition coefficient (Wildman–Crippen LogP) is 3.06. The first kappa shape index (κ1) is 18.7. The minimum absolute atomic E-state index is 0.0366. The van der Waals surface area contributed by atoms with Gasteiger partial charge in [0.1, 0.15) is 11.3 Å². The molecule has 2 aromatic rings. The van der Waals surface area contributed by atoms with Crippen LogP contribution in [0.3, 0.4) is 0 Å². The van der Waals surface area contributed by atoms with Crippen LogP contribution in [-0.2, 0) is 9.47 Å². The third kappa shape index (κ3) is 4.09. The average Bonchev–Trinajstić information content (AvgIpc) is 2.87. The molecule has 1 N–H and O–H groups in total. The van der Waals surface area contributed by atoms with Crippen molar-refractivity contribution in [1.82, 2.24) is 4.57 Å². The molecule has 0 bridgehead atoms. The molecule has 0 saturated carbocycles. The Hall–Kier alpha value is -2.60. The molecule has 0 amide bonds. The summed E-state index contributed by atoms with van der Waals surface area (Å²) in [6.07, 6.45) is 0. The fourth-order valence-electron chi connectivity index (χ4n) is 2.99. The molecular formula is C19H23NO5. The molecule has 1 aromatic heterocycles. The Labute approximate surface area is 147 Å². The summed E-state index contributed by atoms with van der Waals surface area (Å²) in [5.74, 6) is -1.19. The van der Waals surface area contributed by atoms with E-state index < -0.39 is 5.97 Å². The van der Waals surface area contributed by atoms with Crippen LogP contribution < -0.4 is 0 Å². The van der Waals surface area contributed by atoms with Gasteiger partial charge in [-0.05, 0) is 39.0 Å². The average molecular weight is 345 g/mol. The first-order chi connectivity index (χ1) is 11.9. The number of ketones is 1. The second-order valence-corrected chi connectivity index (χ2v) is 5.98. The fourth-order valence-corrected chi connectivity index (χ4v) is 2.99. The van der Waals surface area contributed by atoms with Crippen LogP contribution in [0.5, 0.6) is 5.75 Å². The van der Waals surface area contributed by atoms with Crippen molar-refractivity contribution >= 4 is 11.8 Å². The van der Waals surface area contributed by atoms with Crippen molar-refractivity contribution in [3.63, 3.8) is 0 Å². The zero-order valence-electron chi connectivity index (χ0n) is 14.9. The summed E-state index contributed by atoms with van der Waals surface area (Å²) < 4.78 is 12.3. The van der Waals surface area contributed by atoms with Crippen LogP contribution in [-0.4, -0.2) is 41.7 Å². The maximum absolute atomic E-state index is 12.4. The third-order valence-electron chi connectivity index (χ3n) is 4.09. The molecule has 0 unspecified atom stereocenters. The highest BCUT2D eigenvalue weighted by Gasteiger charge is 2.20. The molecule has 6 nitrogen and oxygen atoms in total. The topological polar surface area (TPSA) is 77.8 Å². The van der Waals surface area contributed by atoms with E-state index in [1.54, 1.807) is 25.3 Å². The molecule has 1 atom stereocenters. The molecule has 6 heteroatoms. The number of nitrogens with zero attached hydrogens (tertiary/aromatic N) is 1. The Kier molecular flexibility index (Phi) is 5.98. The number of benzene rings is 1. The molecule has 134 valence electrons. The number of aromatic nitrogens is 1. The largest absolute Gasteiger partial charge is 0.507 e. The van der Waals surface area contributed by atoms with E-state index in [9.17, 15) is 14.7 Å². The lowest BCUT2D eigenvalue weighted by molar-refractivity contribution is 0.0471. The van der Waals surface area contributed by atoms with Crippen molar-refractivity contribution in [3.05, 3.63) is 52.8 Å². The maximum Gasteiger partial charge on any atom is 0.342 e. The number of phenols is 1. The van der Waals surface area contributed by atoms with Gasteiger partial charge in [-0.1, -0.05) is 12.1 Å². The number of para-hydroxylation sites is 1. The second-order valence-electron chi connectivity index (χ2n) is 5.98. The zero-order chi connectivity index (χ0) is 18.6. The van der Waals surface area contributed by atoms with E-state index in [-0.39, 0.29) is 29.7 Å². The molecule has 0 aliphatic rings. The smallest absolute Gasteiger partial charge is 0.342 e. The van der Waals surface area contributed by atoms with Crippen molar-refractivity contribution in [2.45, 2.75) is 26.8 Å². The molecule has 1 aromatic carbocycles. The molecule has 0 aliphatic carbocycles. The van der Waals surface area contributed by atoms with E-state index in [0.717, 1.165) is 11.4 Å². The van der Waals surface area contributed by atoms with Gasteiger partial charge in [-0.2, -0.15) is 0 Å². The molecule has 2 rings (SSSR count). The summed E-state index contributed by atoms with van der Waals surface area (Å²) in [4.78, 5) is 24.4. The van der Waals surface area contributed by atoms with Crippen LogP contribution >= 0.6 is 0 Å². The summed E-state index contributed by atoms with van der Waals surface area (Å²) in [6.45, 7) is 5.94. The van der Waals surface area contributed by atoms with E-state index in [4.69, 9.17) is 9.47 Å². The lowest BCUT2D eigenvalue weighted by Gasteiger charge is -2.17. The normalized spacial score (nSPS) is 12.0. The van der Waals surface area contributed by atoms with Crippen LogP contribution in [0.15, 0.2) is 30.3 Å². The van der Waals surface area contributed by atoms with Gasteiger partial charge in [-0.25, -0.2) is 4.79 Å². The molecule has 0 radical (unpaired) electrons. The number of hydrogen-bond acceptors (Lipinski definition) is 5. The summed E-state index contributed by atoms with van der Waals surface area (Å²) >= 11 is 0. The maximum atomic E-state index is 12.4. The first-order valence-electron chi connectivity index (χ1n) is 8.02. The van der Waals surface area contributed by atoms with E-state index in [2.05, 4.69) is 0 Å². The number of aryl methyl sites for hydroxylation is 1. The molecule has 0 spiro atoms. The van der Waals surface area contributed by atoms with E-state index >= 15 is 0 Å². The van der Waals surface area contributed by atoms with Crippen molar-refractivity contribution < 1.29 is 24.2 Å². The highest BCUT2D eigenvalue weighted by Crippen LogP contribution is 2.22. The summed E-state index contributed by atoms with van der Waals surface area (Å²) in [5.41, 5.74) is 2.31. The minimum Gasteiger partial charge on any atom is -0.507 e. The number of esters is 1. The number of phenolic OH excluding ortho intramolecular Hbond substituents is 1. The number of methoxy groups -OCH3 is 1. The van der Waals surface area contributed by atoms with E-state index in [1.807, 2.05) is 25.3 Å². The quantitative estimate of drug-likeness (QED) is 0.616. The Morgan fingerprint density at radius 1 is 1.20 bits per heavy atom. The molecule has 0 fully saturated rings. The molecule has 1 heterocycles. The second kappa shape index (κ2) is 7.98. The number of aromatic hydroxyl groups is 1. The Morgan fingerprint density at radius 2 is 1.88 bits per heavy atom. The van der Waals surface area contributed by atoms with Gasteiger partial charge in [0.25, 0.3) is 0 Å². The highest BCUT2D eigenvalue weighted by atomic mass is 16.5. The summed E-state index contributed by atoms with van der Waals surface area (Å²) in [5, 5.41) is 9.66. The number of rotatable bonds is 7. The van der Waals surface area contributed by atoms with Crippen molar-refractivity contribution in [2.24, 2.45) is 0 Å². The number of ether oxygens (including phenoxy) is 2. The van der Waals surface area contributed by atoms with Gasteiger partial charge in [0.2, 0.25) is 5.78 Å². The van der Waals surface area contributed by atoms with Crippen LogP contribution in [0.2, 0.25) is 0 Å². The van der Waals surface area contributed by atoms with Crippen molar-refractivity contribution in [1.29, 1.82) is 0 Å². The van der Waals surface area contributed by atoms with Crippen molar-refractivity contribution in [3.8, 4) is 5.75 Å². The zero-order valence-corrected chi connectivity index (χ0v) is 14.9. The first-order valence-corrected chi connectivity index (χ1v) is 8.02. The SMILES string of the molecule is COC[C@@H](C)n1c(C)cc(C(=O)COC(=O)c2ccccc2O)c1C. The van der Waals surface area contributed by atoms with Crippen LogP contribution in [0.4, 0.5) is 0 Å².